The quantitative estimate of drug-likeness (QED) is 0.728. The van der Waals surface area contributed by atoms with Crippen molar-refractivity contribution in [2.75, 3.05) is 6.61 Å². The zero-order chi connectivity index (χ0) is 20.3. The van der Waals surface area contributed by atoms with Gasteiger partial charge in [-0.15, -0.1) is 0 Å². The summed E-state index contributed by atoms with van der Waals surface area (Å²) in [5.41, 5.74) is 2.57. The summed E-state index contributed by atoms with van der Waals surface area (Å²) in [4.78, 5) is 37.5. The van der Waals surface area contributed by atoms with E-state index in [4.69, 9.17) is 16.3 Å². The molecule has 1 heterocycles. The van der Waals surface area contributed by atoms with Crippen LogP contribution in [0.2, 0.25) is 5.02 Å². The van der Waals surface area contributed by atoms with Crippen molar-refractivity contribution < 1.29 is 19.1 Å². The molecule has 1 aliphatic rings. The lowest BCUT2D eigenvalue weighted by Crippen LogP contribution is -2.49. The van der Waals surface area contributed by atoms with Gasteiger partial charge in [0, 0.05) is 5.02 Å². The van der Waals surface area contributed by atoms with E-state index in [-0.39, 0.29) is 6.61 Å². The molecule has 146 valence electrons. The van der Waals surface area contributed by atoms with E-state index in [0.717, 1.165) is 5.56 Å². The molecule has 0 unspecified atom stereocenters. The normalized spacial score (nSPS) is 18.8. The van der Waals surface area contributed by atoms with Gasteiger partial charge in [-0.3, -0.25) is 15.0 Å². The average Bonchev–Trinajstić information content (AvgIpc) is 2.94. The smallest absolute Gasteiger partial charge is 0.344 e. The van der Waals surface area contributed by atoms with E-state index in [1.165, 1.54) is 0 Å². The number of imide groups is 1. The molecule has 2 N–H and O–H groups in total. The minimum atomic E-state index is -1.21. The first kappa shape index (κ1) is 19.7. The number of carbonyl (C=O) groups excluding carboxylic acids is 3. The number of aryl methyl sites for hydroxylation is 1. The van der Waals surface area contributed by atoms with Crippen molar-refractivity contribution >= 4 is 29.4 Å². The molecule has 0 spiro atoms. The number of hydrazine groups is 1. The Kier molecular flexibility index (Phi) is 5.56. The van der Waals surface area contributed by atoms with Crippen molar-refractivity contribution in [2.24, 2.45) is 0 Å². The van der Waals surface area contributed by atoms with Crippen LogP contribution in [0.25, 0.3) is 0 Å². The predicted octanol–water partition coefficient (Wildman–Crippen LogP) is 2.92. The third kappa shape index (κ3) is 3.66. The standard InChI is InChI=1S/C20H20ClN3O4/c1-3-20(14-7-5-4-6-8-14)18(26)24(19(27)22-20)23-17(25)12-28-15-9-10-16(21)13(2)11-15/h4-11H,3,12H2,1-2H3,(H,22,27)(H,23,25)/t20-/m0/s1. The second kappa shape index (κ2) is 7.90. The molecule has 28 heavy (non-hydrogen) atoms. The van der Waals surface area contributed by atoms with Crippen molar-refractivity contribution in [1.29, 1.82) is 0 Å². The fourth-order valence-corrected chi connectivity index (χ4v) is 3.17. The third-order valence-corrected chi connectivity index (χ3v) is 5.05. The van der Waals surface area contributed by atoms with Crippen LogP contribution in [-0.2, 0) is 15.1 Å². The van der Waals surface area contributed by atoms with Gasteiger partial charge in [-0.1, -0.05) is 48.9 Å². The first-order valence-electron chi connectivity index (χ1n) is 8.78. The summed E-state index contributed by atoms with van der Waals surface area (Å²) in [5, 5.41) is 3.99. The lowest BCUT2D eigenvalue weighted by atomic mass is 9.87. The molecular formula is C20H20ClN3O4. The third-order valence-electron chi connectivity index (χ3n) is 4.62. The Bertz CT molecular complexity index is 919. The highest BCUT2D eigenvalue weighted by molar-refractivity contribution is 6.31. The number of nitrogens with one attached hydrogen (secondary N) is 2. The molecule has 1 saturated heterocycles. The molecule has 0 radical (unpaired) electrons. The zero-order valence-electron chi connectivity index (χ0n) is 15.5. The van der Waals surface area contributed by atoms with Crippen LogP contribution in [0.3, 0.4) is 0 Å². The number of nitrogens with zero attached hydrogens (tertiary/aromatic N) is 1. The molecule has 1 atom stereocenters. The summed E-state index contributed by atoms with van der Waals surface area (Å²) in [6.07, 6.45) is 0.342. The minimum Gasteiger partial charge on any atom is -0.484 e. The Hall–Kier alpha value is -3.06. The Morgan fingerprint density at radius 2 is 1.93 bits per heavy atom. The van der Waals surface area contributed by atoms with Gasteiger partial charge in [-0.25, -0.2) is 4.79 Å². The van der Waals surface area contributed by atoms with Gasteiger partial charge in [0.1, 0.15) is 11.3 Å². The summed E-state index contributed by atoms with van der Waals surface area (Å²) in [6.45, 7) is 3.25. The van der Waals surface area contributed by atoms with Crippen molar-refractivity contribution in [2.45, 2.75) is 25.8 Å². The molecule has 8 heteroatoms. The number of benzene rings is 2. The second-order valence-electron chi connectivity index (χ2n) is 6.43. The molecule has 7 nitrogen and oxygen atoms in total. The van der Waals surface area contributed by atoms with E-state index < -0.39 is 23.4 Å². The van der Waals surface area contributed by atoms with Gasteiger partial charge in [0.2, 0.25) is 0 Å². The zero-order valence-corrected chi connectivity index (χ0v) is 16.2. The Morgan fingerprint density at radius 3 is 2.57 bits per heavy atom. The lowest BCUT2D eigenvalue weighted by molar-refractivity contribution is -0.140. The van der Waals surface area contributed by atoms with Crippen molar-refractivity contribution in [3.05, 3.63) is 64.7 Å². The van der Waals surface area contributed by atoms with Gasteiger partial charge in [-0.05, 0) is 42.7 Å². The number of hydrogen-bond donors (Lipinski definition) is 2. The summed E-state index contributed by atoms with van der Waals surface area (Å²) in [6, 6.07) is 13.2. The van der Waals surface area contributed by atoms with Gasteiger partial charge < -0.3 is 10.1 Å². The summed E-state index contributed by atoms with van der Waals surface area (Å²) < 4.78 is 5.41. The summed E-state index contributed by atoms with van der Waals surface area (Å²) >= 11 is 5.96. The monoisotopic (exact) mass is 401 g/mol. The molecule has 0 aliphatic carbocycles. The van der Waals surface area contributed by atoms with E-state index in [2.05, 4.69) is 10.7 Å². The Labute approximate surface area is 167 Å². The number of rotatable bonds is 6. The van der Waals surface area contributed by atoms with E-state index in [1.54, 1.807) is 49.4 Å². The van der Waals surface area contributed by atoms with Crippen LogP contribution < -0.4 is 15.5 Å². The van der Waals surface area contributed by atoms with Gasteiger partial charge in [0.05, 0.1) is 0 Å². The van der Waals surface area contributed by atoms with Gasteiger partial charge in [0.15, 0.2) is 6.61 Å². The summed E-state index contributed by atoms with van der Waals surface area (Å²) in [7, 11) is 0. The van der Waals surface area contributed by atoms with Gasteiger partial charge in [-0.2, -0.15) is 5.01 Å². The first-order chi connectivity index (χ1) is 13.4. The van der Waals surface area contributed by atoms with Crippen LogP contribution in [0.5, 0.6) is 5.75 Å². The number of ether oxygens (including phenoxy) is 1. The van der Waals surface area contributed by atoms with Crippen molar-refractivity contribution in [1.82, 2.24) is 15.8 Å². The fraction of sp³-hybridized carbons (Fsp3) is 0.250. The van der Waals surface area contributed by atoms with Crippen molar-refractivity contribution in [3.8, 4) is 5.75 Å². The minimum absolute atomic E-state index is 0.342. The van der Waals surface area contributed by atoms with Crippen LogP contribution in [0.1, 0.15) is 24.5 Å². The SMILES string of the molecule is CC[C@@]1(c2ccccc2)NC(=O)N(NC(=O)COc2ccc(Cl)c(C)c2)C1=O. The Balaban J connectivity index is 1.68. The topological polar surface area (TPSA) is 87.7 Å². The highest BCUT2D eigenvalue weighted by Gasteiger charge is 2.52. The molecule has 0 saturated carbocycles. The van der Waals surface area contributed by atoms with E-state index in [0.29, 0.717) is 27.8 Å². The maximum atomic E-state index is 12.9. The van der Waals surface area contributed by atoms with E-state index in [9.17, 15) is 14.4 Å². The highest BCUT2D eigenvalue weighted by atomic mass is 35.5. The number of amides is 4. The molecule has 2 aromatic carbocycles. The number of urea groups is 1. The van der Waals surface area contributed by atoms with Crippen LogP contribution in [0.15, 0.2) is 48.5 Å². The van der Waals surface area contributed by atoms with Crippen LogP contribution in [-0.4, -0.2) is 29.5 Å². The molecular weight excluding hydrogens is 382 g/mol. The molecule has 2 aromatic rings. The molecule has 1 aliphatic heterocycles. The Morgan fingerprint density at radius 1 is 1.21 bits per heavy atom. The van der Waals surface area contributed by atoms with Crippen LogP contribution in [0, 0.1) is 6.92 Å². The van der Waals surface area contributed by atoms with E-state index >= 15 is 0 Å². The molecule has 0 aromatic heterocycles. The summed E-state index contributed by atoms with van der Waals surface area (Å²) in [5.74, 6) is -0.709. The number of carbonyl (C=O) groups is 3. The first-order valence-corrected chi connectivity index (χ1v) is 9.16. The van der Waals surface area contributed by atoms with Crippen LogP contribution in [0.4, 0.5) is 4.79 Å². The maximum absolute atomic E-state index is 12.9. The van der Waals surface area contributed by atoms with Gasteiger partial charge >= 0.3 is 6.03 Å². The number of halogens is 1. The molecule has 1 fully saturated rings. The van der Waals surface area contributed by atoms with Crippen molar-refractivity contribution in [3.63, 3.8) is 0 Å². The molecule has 3 rings (SSSR count). The highest BCUT2D eigenvalue weighted by Crippen LogP contribution is 2.31. The lowest BCUT2D eigenvalue weighted by Gasteiger charge is -2.25. The van der Waals surface area contributed by atoms with Gasteiger partial charge in [0.25, 0.3) is 11.8 Å². The largest absolute Gasteiger partial charge is 0.484 e. The average molecular weight is 402 g/mol. The molecule has 0 bridgehead atoms. The predicted molar refractivity (Wildman–Crippen MR) is 104 cm³/mol. The molecule has 4 amide bonds. The van der Waals surface area contributed by atoms with E-state index in [1.807, 2.05) is 13.0 Å². The number of hydrogen-bond acceptors (Lipinski definition) is 4. The maximum Gasteiger partial charge on any atom is 0.344 e. The van der Waals surface area contributed by atoms with Crippen LogP contribution >= 0.6 is 11.6 Å². The fourth-order valence-electron chi connectivity index (χ4n) is 3.05. The second-order valence-corrected chi connectivity index (χ2v) is 6.84.